The summed E-state index contributed by atoms with van der Waals surface area (Å²) in [5, 5.41) is 13.5. The van der Waals surface area contributed by atoms with E-state index >= 15 is 0 Å². The van der Waals surface area contributed by atoms with Crippen LogP contribution in [0.5, 0.6) is 0 Å². The second-order valence-corrected chi connectivity index (χ2v) is 10.9. The number of carbonyl (C=O) groups is 5. The highest BCUT2D eigenvalue weighted by Crippen LogP contribution is 2.31. The van der Waals surface area contributed by atoms with Crippen molar-refractivity contribution >= 4 is 52.5 Å². The number of likely N-dealkylation sites (tertiary alicyclic amines) is 1. The van der Waals surface area contributed by atoms with E-state index in [0.717, 1.165) is 4.90 Å². The molecular weight excluding hydrogens is 556 g/mol. The van der Waals surface area contributed by atoms with E-state index in [1.807, 2.05) is 0 Å². The van der Waals surface area contributed by atoms with Crippen LogP contribution in [0.2, 0.25) is 0 Å². The van der Waals surface area contributed by atoms with Crippen molar-refractivity contribution in [3.8, 4) is 0 Å². The summed E-state index contributed by atoms with van der Waals surface area (Å²) in [4.78, 5) is 63.6. The Hall–Kier alpha value is -4.81. The molecule has 2 atom stereocenters. The first-order valence-electron chi connectivity index (χ1n) is 14.0. The van der Waals surface area contributed by atoms with E-state index in [0.29, 0.717) is 29.2 Å². The molecule has 230 valence electrons. The van der Waals surface area contributed by atoms with Crippen LogP contribution in [-0.2, 0) is 28.7 Å². The second kappa shape index (κ2) is 14.9. The smallest absolute Gasteiger partial charge is 0.417 e. The lowest BCUT2D eigenvalue weighted by molar-refractivity contribution is -0.151. The fourth-order valence-electron chi connectivity index (χ4n) is 4.29. The maximum absolute atomic E-state index is 13.0. The van der Waals surface area contributed by atoms with Crippen molar-refractivity contribution < 1.29 is 33.4 Å². The van der Waals surface area contributed by atoms with Gasteiger partial charge in [0.15, 0.2) is 0 Å². The number of rotatable bonds is 11. The molecule has 0 aliphatic carbocycles. The molecule has 13 nitrogen and oxygen atoms in total. The van der Waals surface area contributed by atoms with Crippen molar-refractivity contribution in [1.29, 1.82) is 0 Å². The molecule has 3 rings (SSSR count). The first-order chi connectivity index (χ1) is 20.4. The Morgan fingerprint density at radius 2 is 1.58 bits per heavy atom. The number of nitrogens with two attached hydrogens (primary N) is 1. The average Bonchev–Trinajstić information content (AvgIpc) is 3.28. The summed E-state index contributed by atoms with van der Waals surface area (Å²) in [5.41, 5.74) is 7.20. The predicted molar refractivity (Wildman–Crippen MR) is 159 cm³/mol. The maximum Gasteiger partial charge on any atom is 0.417 e. The van der Waals surface area contributed by atoms with Gasteiger partial charge in [0, 0.05) is 23.7 Å². The van der Waals surface area contributed by atoms with Crippen molar-refractivity contribution in [1.82, 2.24) is 10.2 Å². The monoisotopic (exact) mass is 594 g/mol. The molecule has 4 N–H and O–H groups in total. The molecule has 1 aliphatic heterocycles. The highest BCUT2D eigenvalue weighted by Gasteiger charge is 2.48. The number of imide groups is 1. The average molecular weight is 595 g/mol. The number of nitrogens with zero attached hydrogens (tertiary/aromatic N) is 3. The minimum absolute atomic E-state index is 0.0568. The normalized spacial score (nSPS) is 16.7. The van der Waals surface area contributed by atoms with Crippen LogP contribution >= 0.6 is 0 Å². The number of azo groups is 1. The number of amides is 4. The van der Waals surface area contributed by atoms with Gasteiger partial charge in [0.25, 0.3) is 0 Å². The first-order valence-corrected chi connectivity index (χ1v) is 14.0. The molecule has 0 radical (unpaired) electrons. The Morgan fingerprint density at radius 3 is 2.16 bits per heavy atom. The van der Waals surface area contributed by atoms with E-state index < -0.39 is 41.4 Å². The fraction of sp³-hybridized carbons (Fsp3) is 0.433. The Morgan fingerprint density at radius 1 is 0.977 bits per heavy atom. The lowest BCUT2D eigenvalue weighted by Gasteiger charge is -2.26. The molecule has 4 amide bonds. The number of hydrogen-bond donors (Lipinski definition) is 3. The summed E-state index contributed by atoms with van der Waals surface area (Å²) in [6.07, 6.45) is -0.174. The molecule has 1 heterocycles. The second-order valence-electron chi connectivity index (χ2n) is 10.9. The minimum Gasteiger partial charge on any atom is -0.464 e. The third-order valence-electron chi connectivity index (χ3n) is 6.28. The standard InChI is InChI=1S/C30H38N6O7/c1-5-42-28(40)24-17-19(27(39)36(24)29(41)43-30(2,3)4)7-6-8-25(37)32-18-26(38)33-21-13-15-23(16-14-21)35-34-22-11-9-20(31)10-12-22/h9-16,19,24H,5-8,17-18,31H2,1-4H3,(H,32,37)(H,33,38)/b35-34+. The van der Waals surface area contributed by atoms with E-state index in [2.05, 4.69) is 20.9 Å². The molecule has 2 aromatic rings. The zero-order valence-electron chi connectivity index (χ0n) is 24.8. The third-order valence-corrected chi connectivity index (χ3v) is 6.28. The number of nitrogens with one attached hydrogen (secondary N) is 2. The Labute approximate surface area is 250 Å². The third kappa shape index (κ3) is 10.2. The lowest BCUT2D eigenvalue weighted by Crippen LogP contribution is -2.46. The van der Waals surface area contributed by atoms with Crippen molar-refractivity contribution in [2.45, 2.75) is 65.0 Å². The highest BCUT2D eigenvalue weighted by molar-refractivity contribution is 6.00. The Bertz CT molecular complexity index is 1340. The molecule has 43 heavy (non-hydrogen) atoms. The van der Waals surface area contributed by atoms with Crippen LogP contribution in [0.25, 0.3) is 0 Å². The van der Waals surface area contributed by atoms with Crippen molar-refractivity contribution in [2.24, 2.45) is 16.1 Å². The van der Waals surface area contributed by atoms with Crippen LogP contribution in [0.4, 0.5) is 27.5 Å². The number of anilines is 2. The quantitative estimate of drug-likeness (QED) is 0.191. The van der Waals surface area contributed by atoms with Crippen LogP contribution in [0.1, 0.15) is 53.4 Å². The van der Waals surface area contributed by atoms with Gasteiger partial charge in [-0.25, -0.2) is 14.5 Å². The molecular formula is C30H38N6O7. The van der Waals surface area contributed by atoms with Gasteiger partial charge in [0.05, 0.1) is 24.5 Å². The Balaban J connectivity index is 1.42. The molecule has 2 aromatic carbocycles. The summed E-state index contributed by atoms with van der Waals surface area (Å²) < 4.78 is 10.4. The zero-order chi connectivity index (χ0) is 31.6. The van der Waals surface area contributed by atoms with Crippen LogP contribution in [0.3, 0.4) is 0 Å². The number of carbonyl (C=O) groups excluding carboxylic acids is 5. The lowest BCUT2D eigenvalue weighted by atomic mass is 9.98. The van der Waals surface area contributed by atoms with Gasteiger partial charge in [-0.2, -0.15) is 10.2 Å². The Kier molecular flexibility index (Phi) is 11.3. The summed E-state index contributed by atoms with van der Waals surface area (Å²) in [6.45, 7) is 6.49. The molecule has 2 unspecified atom stereocenters. The molecule has 13 heteroatoms. The summed E-state index contributed by atoms with van der Waals surface area (Å²) in [6, 6.07) is 12.6. The number of hydrogen-bond acceptors (Lipinski definition) is 10. The summed E-state index contributed by atoms with van der Waals surface area (Å²) in [5.74, 6) is -2.65. The van der Waals surface area contributed by atoms with Crippen molar-refractivity contribution in [3.05, 3.63) is 48.5 Å². The van der Waals surface area contributed by atoms with E-state index in [1.54, 1.807) is 76.2 Å². The maximum atomic E-state index is 13.0. The van der Waals surface area contributed by atoms with Crippen molar-refractivity contribution in [2.75, 3.05) is 24.2 Å². The molecule has 0 aromatic heterocycles. The van der Waals surface area contributed by atoms with E-state index in [1.165, 1.54) is 0 Å². The number of ether oxygens (including phenoxy) is 2. The predicted octanol–water partition coefficient (Wildman–Crippen LogP) is 4.62. The van der Waals surface area contributed by atoms with Gasteiger partial charge < -0.3 is 25.8 Å². The van der Waals surface area contributed by atoms with Crippen LogP contribution in [0.15, 0.2) is 58.8 Å². The fourth-order valence-corrected chi connectivity index (χ4v) is 4.29. The molecule has 0 saturated carbocycles. The minimum atomic E-state index is -1.08. The van der Waals surface area contributed by atoms with E-state index in [-0.39, 0.29) is 38.3 Å². The number of esters is 1. The molecule has 1 saturated heterocycles. The number of nitrogen functional groups attached to an aromatic ring is 1. The molecule has 0 bridgehead atoms. The topological polar surface area (TPSA) is 182 Å². The summed E-state index contributed by atoms with van der Waals surface area (Å²) in [7, 11) is 0. The number of benzene rings is 2. The zero-order valence-corrected chi connectivity index (χ0v) is 24.8. The van der Waals surface area contributed by atoms with Gasteiger partial charge in [-0.15, -0.1) is 0 Å². The molecule has 0 spiro atoms. The van der Waals surface area contributed by atoms with Gasteiger partial charge in [-0.3, -0.25) is 14.4 Å². The van der Waals surface area contributed by atoms with Crippen molar-refractivity contribution in [3.63, 3.8) is 0 Å². The van der Waals surface area contributed by atoms with Crippen LogP contribution in [-0.4, -0.2) is 59.5 Å². The van der Waals surface area contributed by atoms with E-state index in [4.69, 9.17) is 15.2 Å². The molecule has 1 aliphatic rings. The van der Waals surface area contributed by atoms with Gasteiger partial charge in [-0.05, 0) is 95.5 Å². The highest BCUT2D eigenvalue weighted by atomic mass is 16.6. The largest absolute Gasteiger partial charge is 0.464 e. The SMILES string of the molecule is CCOC(=O)C1CC(CCCC(=O)NCC(=O)Nc2ccc(/N=N/c3ccc(N)cc3)cc2)C(=O)N1C(=O)OC(C)(C)C. The van der Waals surface area contributed by atoms with E-state index in [9.17, 15) is 24.0 Å². The van der Waals surface area contributed by atoms with Gasteiger partial charge >= 0.3 is 12.1 Å². The molecule has 1 fully saturated rings. The van der Waals surface area contributed by atoms with Gasteiger partial charge in [-0.1, -0.05) is 0 Å². The van der Waals surface area contributed by atoms with Gasteiger partial charge in [0.1, 0.15) is 11.6 Å². The first kappa shape index (κ1) is 32.7. The summed E-state index contributed by atoms with van der Waals surface area (Å²) >= 11 is 0. The van der Waals surface area contributed by atoms with Gasteiger partial charge in [0.2, 0.25) is 17.7 Å². The van der Waals surface area contributed by atoms with Crippen LogP contribution in [0, 0.1) is 5.92 Å². The van der Waals surface area contributed by atoms with Crippen LogP contribution < -0.4 is 16.4 Å².